The summed E-state index contributed by atoms with van der Waals surface area (Å²) in [6, 6.07) is 3.95. The first-order valence-corrected chi connectivity index (χ1v) is 5.67. The van der Waals surface area contributed by atoms with Crippen molar-refractivity contribution in [2.45, 2.75) is 6.10 Å². The van der Waals surface area contributed by atoms with Crippen LogP contribution in [-0.4, -0.2) is 44.4 Å². The first kappa shape index (κ1) is 11.8. The van der Waals surface area contributed by atoms with Crippen molar-refractivity contribution in [3.8, 4) is 6.07 Å². The van der Waals surface area contributed by atoms with Gasteiger partial charge in [0.05, 0.1) is 23.6 Å². The number of methoxy groups -OCH3 is 1. The molecule has 1 aliphatic heterocycles. The highest BCUT2D eigenvalue weighted by atomic mass is 16.5. The topological polar surface area (TPSA) is 61.2 Å². The van der Waals surface area contributed by atoms with Crippen molar-refractivity contribution < 1.29 is 4.74 Å². The largest absolute Gasteiger partial charge is 0.378 e. The highest BCUT2D eigenvalue weighted by molar-refractivity contribution is 5.57. The number of hydrogen-bond donors (Lipinski definition) is 1. The minimum absolute atomic E-state index is 0.143. The van der Waals surface area contributed by atoms with Gasteiger partial charge in [-0.3, -0.25) is 4.98 Å². The van der Waals surface area contributed by atoms with E-state index in [1.54, 1.807) is 25.6 Å². The van der Waals surface area contributed by atoms with Crippen LogP contribution in [0.2, 0.25) is 0 Å². The van der Waals surface area contributed by atoms with Gasteiger partial charge in [-0.2, -0.15) is 5.26 Å². The Morgan fingerprint density at radius 2 is 2.53 bits per heavy atom. The molecule has 0 spiro atoms. The van der Waals surface area contributed by atoms with Crippen molar-refractivity contribution in [1.82, 2.24) is 10.3 Å². The number of pyridine rings is 1. The number of nitrogens with one attached hydrogen (secondary N) is 1. The molecule has 1 fully saturated rings. The summed E-state index contributed by atoms with van der Waals surface area (Å²) in [6.45, 7) is 3.37. The van der Waals surface area contributed by atoms with Crippen molar-refractivity contribution in [2.24, 2.45) is 0 Å². The Bertz CT molecular complexity index is 415. The monoisotopic (exact) mass is 232 g/mol. The molecule has 0 amide bonds. The standard InChI is InChI=1S/C12H16N4O/c1-17-11-7-15-4-5-16(9-11)12-8-14-3-2-10(12)6-13/h2-3,8,11,15H,4-5,7,9H2,1H3. The lowest BCUT2D eigenvalue weighted by Gasteiger charge is -2.25. The van der Waals surface area contributed by atoms with Crippen LogP contribution in [0.5, 0.6) is 0 Å². The Morgan fingerprint density at radius 3 is 3.29 bits per heavy atom. The first-order valence-electron chi connectivity index (χ1n) is 5.67. The predicted octanol–water partition coefficient (Wildman–Crippen LogP) is 0.378. The molecular weight excluding hydrogens is 216 g/mol. The number of anilines is 1. The Kier molecular flexibility index (Phi) is 3.91. The summed E-state index contributed by atoms with van der Waals surface area (Å²) < 4.78 is 5.39. The van der Waals surface area contributed by atoms with Crippen LogP contribution in [0.3, 0.4) is 0 Å². The van der Waals surface area contributed by atoms with E-state index in [0.29, 0.717) is 5.56 Å². The molecule has 0 bridgehead atoms. The minimum atomic E-state index is 0.143. The molecule has 1 saturated heterocycles. The maximum atomic E-state index is 9.09. The fraction of sp³-hybridized carbons (Fsp3) is 0.500. The van der Waals surface area contributed by atoms with E-state index < -0.39 is 0 Å². The number of hydrogen-bond acceptors (Lipinski definition) is 5. The van der Waals surface area contributed by atoms with Crippen LogP contribution in [-0.2, 0) is 4.74 Å². The minimum Gasteiger partial charge on any atom is -0.378 e. The molecule has 0 aromatic carbocycles. The second kappa shape index (κ2) is 5.62. The lowest BCUT2D eigenvalue weighted by Crippen LogP contribution is -2.34. The molecule has 1 N–H and O–H groups in total. The number of ether oxygens (including phenoxy) is 1. The molecule has 5 heteroatoms. The van der Waals surface area contributed by atoms with Gasteiger partial charge in [-0.1, -0.05) is 0 Å². The van der Waals surface area contributed by atoms with Crippen LogP contribution in [0.4, 0.5) is 5.69 Å². The Labute approximate surface area is 101 Å². The van der Waals surface area contributed by atoms with Gasteiger partial charge in [0.25, 0.3) is 0 Å². The third kappa shape index (κ3) is 2.73. The van der Waals surface area contributed by atoms with Crippen LogP contribution < -0.4 is 10.2 Å². The van der Waals surface area contributed by atoms with Crippen molar-refractivity contribution in [2.75, 3.05) is 38.2 Å². The summed E-state index contributed by atoms with van der Waals surface area (Å²) in [6.07, 6.45) is 3.53. The molecule has 0 radical (unpaired) electrons. The fourth-order valence-electron chi connectivity index (χ4n) is 1.99. The number of rotatable bonds is 2. The van der Waals surface area contributed by atoms with Crippen LogP contribution >= 0.6 is 0 Å². The van der Waals surface area contributed by atoms with E-state index in [1.165, 1.54) is 0 Å². The molecule has 90 valence electrons. The maximum absolute atomic E-state index is 9.09. The molecule has 0 aliphatic carbocycles. The summed E-state index contributed by atoms with van der Waals surface area (Å²) in [5.41, 5.74) is 1.55. The lowest BCUT2D eigenvalue weighted by atomic mass is 10.2. The third-order valence-electron chi connectivity index (χ3n) is 2.95. The molecule has 1 unspecified atom stereocenters. The summed E-state index contributed by atoms with van der Waals surface area (Å²) >= 11 is 0. The van der Waals surface area contributed by atoms with Crippen LogP contribution in [0.1, 0.15) is 5.56 Å². The second-order valence-electron chi connectivity index (χ2n) is 4.01. The van der Waals surface area contributed by atoms with Crippen molar-refractivity contribution in [1.29, 1.82) is 5.26 Å². The van der Waals surface area contributed by atoms with Crippen LogP contribution in [0, 0.1) is 11.3 Å². The quantitative estimate of drug-likeness (QED) is 0.798. The van der Waals surface area contributed by atoms with Gasteiger partial charge >= 0.3 is 0 Å². The molecule has 5 nitrogen and oxygen atoms in total. The third-order valence-corrected chi connectivity index (χ3v) is 2.95. The molecule has 2 heterocycles. The van der Waals surface area contributed by atoms with E-state index >= 15 is 0 Å². The number of nitriles is 1. The summed E-state index contributed by atoms with van der Waals surface area (Å²) in [5, 5.41) is 12.4. The van der Waals surface area contributed by atoms with Gasteiger partial charge < -0.3 is 15.0 Å². The summed E-state index contributed by atoms with van der Waals surface area (Å²) in [7, 11) is 1.71. The van der Waals surface area contributed by atoms with Crippen molar-refractivity contribution in [3.05, 3.63) is 24.0 Å². The molecule has 0 saturated carbocycles. The SMILES string of the molecule is COC1CNCCN(c2cnccc2C#N)C1. The Morgan fingerprint density at radius 1 is 1.65 bits per heavy atom. The van der Waals surface area contributed by atoms with E-state index in [4.69, 9.17) is 10.00 Å². The van der Waals surface area contributed by atoms with E-state index in [1.807, 2.05) is 0 Å². The highest BCUT2D eigenvalue weighted by Gasteiger charge is 2.19. The second-order valence-corrected chi connectivity index (χ2v) is 4.01. The van der Waals surface area contributed by atoms with E-state index in [-0.39, 0.29) is 6.10 Å². The predicted molar refractivity (Wildman–Crippen MR) is 64.8 cm³/mol. The van der Waals surface area contributed by atoms with Gasteiger partial charge in [-0.05, 0) is 6.07 Å². The van der Waals surface area contributed by atoms with Crippen LogP contribution in [0.25, 0.3) is 0 Å². The van der Waals surface area contributed by atoms with Gasteiger partial charge in [0.15, 0.2) is 0 Å². The lowest BCUT2D eigenvalue weighted by molar-refractivity contribution is 0.112. The van der Waals surface area contributed by atoms with Crippen molar-refractivity contribution >= 4 is 5.69 Å². The fourth-order valence-corrected chi connectivity index (χ4v) is 1.99. The first-order chi connectivity index (χ1) is 8.35. The molecule has 1 atom stereocenters. The van der Waals surface area contributed by atoms with Gasteiger partial charge in [0.2, 0.25) is 0 Å². The average Bonchev–Trinajstić information content (AvgIpc) is 2.64. The zero-order chi connectivity index (χ0) is 12.1. The Hall–Kier alpha value is -1.64. The van der Waals surface area contributed by atoms with Crippen LogP contribution in [0.15, 0.2) is 18.5 Å². The van der Waals surface area contributed by atoms with E-state index in [9.17, 15) is 0 Å². The average molecular weight is 232 g/mol. The zero-order valence-electron chi connectivity index (χ0n) is 9.89. The Balaban J connectivity index is 2.22. The normalized spacial score (nSPS) is 20.7. The van der Waals surface area contributed by atoms with Gasteiger partial charge in [-0.25, -0.2) is 0 Å². The summed E-state index contributed by atoms with van der Waals surface area (Å²) in [5.74, 6) is 0. The smallest absolute Gasteiger partial charge is 0.101 e. The molecular formula is C12H16N4O. The van der Waals surface area contributed by atoms with Gasteiger partial charge in [0, 0.05) is 39.5 Å². The van der Waals surface area contributed by atoms with E-state index in [0.717, 1.165) is 31.9 Å². The van der Waals surface area contributed by atoms with Gasteiger partial charge in [0.1, 0.15) is 6.07 Å². The molecule has 17 heavy (non-hydrogen) atoms. The summed E-state index contributed by atoms with van der Waals surface area (Å²) in [4.78, 5) is 6.25. The van der Waals surface area contributed by atoms with Crippen molar-refractivity contribution in [3.63, 3.8) is 0 Å². The zero-order valence-corrected chi connectivity index (χ0v) is 9.89. The highest BCUT2D eigenvalue weighted by Crippen LogP contribution is 2.19. The maximum Gasteiger partial charge on any atom is 0.101 e. The number of nitrogens with zero attached hydrogens (tertiary/aromatic N) is 3. The molecule has 2 rings (SSSR count). The number of aromatic nitrogens is 1. The van der Waals surface area contributed by atoms with Gasteiger partial charge in [-0.15, -0.1) is 0 Å². The van der Waals surface area contributed by atoms with E-state index in [2.05, 4.69) is 21.3 Å². The molecule has 1 aromatic heterocycles. The molecule has 1 aromatic rings. The molecule has 1 aliphatic rings.